The van der Waals surface area contributed by atoms with Gasteiger partial charge in [0.15, 0.2) is 5.78 Å². The normalized spacial score (nSPS) is 12.1. The minimum atomic E-state index is -0.263. The molecular formula is C11H14O3S. The molecule has 1 atom stereocenters. The van der Waals surface area contributed by atoms with Gasteiger partial charge in [-0.05, 0) is 17.4 Å². The molecule has 0 bridgehead atoms. The zero-order valence-corrected chi connectivity index (χ0v) is 9.67. The van der Waals surface area contributed by atoms with Gasteiger partial charge in [0.1, 0.15) is 0 Å². The molecule has 4 heteroatoms. The second-order valence-electron chi connectivity index (χ2n) is 3.49. The first-order chi connectivity index (χ1) is 7.13. The second-order valence-corrected chi connectivity index (χ2v) is 4.44. The van der Waals surface area contributed by atoms with Crippen LogP contribution in [0.25, 0.3) is 0 Å². The molecule has 0 unspecified atom stereocenters. The van der Waals surface area contributed by atoms with Crippen molar-refractivity contribution in [3.05, 3.63) is 22.4 Å². The molecule has 0 fully saturated rings. The van der Waals surface area contributed by atoms with E-state index in [1.54, 1.807) is 6.07 Å². The summed E-state index contributed by atoms with van der Waals surface area (Å²) < 4.78 is 4.55. The smallest absolute Gasteiger partial charge is 0.305 e. The van der Waals surface area contributed by atoms with Gasteiger partial charge in [-0.25, -0.2) is 0 Å². The summed E-state index contributed by atoms with van der Waals surface area (Å²) in [5.41, 5.74) is 0. The van der Waals surface area contributed by atoms with E-state index in [-0.39, 0.29) is 17.7 Å². The highest BCUT2D eigenvalue weighted by molar-refractivity contribution is 7.12. The number of hydrogen-bond donors (Lipinski definition) is 0. The third-order valence-corrected chi connectivity index (χ3v) is 2.98. The number of Topliss-reactive ketones (excluding diaryl/α,β-unsaturated/α-hetero) is 1. The molecule has 0 aliphatic carbocycles. The lowest BCUT2D eigenvalue weighted by Crippen LogP contribution is -2.11. The van der Waals surface area contributed by atoms with Gasteiger partial charge < -0.3 is 4.74 Å². The number of methoxy groups -OCH3 is 1. The highest BCUT2D eigenvalue weighted by Gasteiger charge is 2.15. The first kappa shape index (κ1) is 11.9. The molecule has 0 saturated carbocycles. The molecule has 0 aromatic carbocycles. The number of carbonyl (C=O) groups excluding carboxylic acids is 2. The van der Waals surface area contributed by atoms with Crippen molar-refractivity contribution in [3.63, 3.8) is 0 Å². The summed E-state index contributed by atoms with van der Waals surface area (Å²) >= 11 is 1.43. The Kier molecular flexibility index (Phi) is 4.49. The van der Waals surface area contributed by atoms with Crippen LogP contribution < -0.4 is 0 Å². The maximum atomic E-state index is 11.6. The van der Waals surface area contributed by atoms with Crippen LogP contribution >= 0.6 is 11.3 Å². The maximum absolute atomic E-state index is 11.6. The summed E-state index contributed by atoms with van der Waals surface area (Å²) in [4.78, 5) is 23.4. The third-order valence-electron chi connectivity index (χ3n) is 2.07. The van der Waals surface area contributed by atoms with Crippen LogP contribution in [-0.4, -0.2) is 18.9 Å². The summed E-state index contributed by atoms with van der Waals surface area (Å²) in [6.07, 6.45) is 0.698. The third kappa shape index (κ3) is 3.83. The number of hydrogen-bond acceptors (Lipinski definition) is 4. The first-order valence-corrected chi connectivity index (χ1v) is 5.65. The van der Waals surface area contributed by atoms with E-state index in [1.165, 1.54) is 18.4 Å². The van der Waals surface area contributed by atoms with Crippen molar-refractivity contribution in [2.24, 2.45) is 5.92 Å². The molecule has 0 radical (unpaired) electrons. The van der Waals surface area contributed by atoms with E-state index in [0.717, 1.165) is 4.88 Å². The molecule has 1 aromatic rings. The number of thiophene rings is 1. The van der Waals surface area contributed by atoms with Gasteiger partial charge in [-0.3, -0.25) is 9.59 Å². The summed E-state index contributed by atoms with van der Waals surface area (Å²) in [7, 11) is 1.36. The van der Waals surface area contributed by atoms with Crippen LogP contribution in [0, 0.1) is 5.92 Å². The Bertz CT molecular complexity index is 330. The minimum absolute atomic E-state index is 0.0343. The van der Waals surface area contributed by atoms with Gasteiger partial charge in [0.05, 0.1) is 12.0 Å². The average Bonchev–Trinajstić information content (AvgIpc) is 2.70. The van der Waals surface area contributed by atoms with Crippen molar-refractivity contribution in [2.45, 2.75) is 19.8 Å². The quantitative estimate of drug-likeness (QED) is 0.572. The maximum Gasteiger partial charge on any atom is 0.305 e. The summed E-state index contributed by atoms with van der Waals surface area (Å²) in [6, 6.07) is 3.65. The van der Waals surface area contributed by atoms with E-state index in [2.05, 4.69) is 4.74 Å². The SMILES string of the molecule is COC(=O)C[C@H](C)CC(=O)c1cccs1. The predicted octanol–water partition coefficient (Wildman–Crippen LogP) is 2.52. The molecule has 0 saturated heterocycles. The molecule has 3 nitrogen and oxygen atoms in total. The van der Waals surface area contributed by atoms with Gasteiger partial charge in [0.2, 0.25) is 0 Å². The number of carbonyl (C=O) groups is 2. The molecule has 15 heavy (non-hydrogen) atoms. The number of esters is 1. The monoisotopic (exact) mass is 226 g/mol. The summed E-state index contributed by atoms with van der Waals surface area (Å²) in [6.45, 7) is 1.88. The topological polar surface area (TPSA) is 43.4 Å². The van der Waals surface area contributed by atoms with Crippen molar-refractivity contribution >= 4 is 23.1 Å². The Morgan fingerprint density at radius 3 is 2.73 bits per heavy atom. The van der Waals surface area contributed by atoms with E-state index < -0.39 is 0 Å². The summed E-state index contributed by atoms with van der Waals surface area (Å²) in [5.74, 6) is -0.130. The zero-order valence-electron chi connectivity index (χ0n) is 8.86. The molecule has 1 rings (SSSR count). The van der Waals surface area contributed by atoms with Gasteiger partial charge >= 0.3 is 5.97 Å². The van der Waals surface area contributed by atoms with E-state index in [9.17, 15) is 9.59 Å². The number of ketones is 1. The van der Waals surface area contributed by atoms with Crippen LogP contribution in [-0.2, 0) is 9.53 Å². The summed E-state index contributed by atoms with van der Waals surface area (Å²) in [5, 5.41) is 1.87. The van der Waals surface area contributed by atoms with Crippen LogP contribution in [0.5, 0.6) is 0 Å². The highest BCUT2D eigenvalue weighted by Crippen LogP contribution is 2.16. The Morgan fingerprint density at radius 2 is 2.20 bits per heavy atom. The van der Waals surface area contributed by atoms with E-state index in [4.69, 9.17) is 0 Å². The predicted molar refractivity (Wildman–Crippen MR) is 59.1 cm³/mol. The molecule has 0 aliphatic heterocycles. The molecule has 82 valence electrons. The Hall–Kier alpha value is -1.16. The van der Waals surface area contributed by atoms with Crippen molar-refractivity contribution < 1.29 is 14.3 Å². The molecule has 1 heterocycles. The number of rotatable bonds is 5. The standard InChI is InChI=1S/C11H14O3S/c1-8(7-11(13)14-2)6-9(12)10-4-3-5-15-10/h3-5,8H,6-7H2,1-2H3/t8-/m1/s1. The fourth-order valence-corrected chi connectivity index (χ4v) is 1.97. The molecule has 0 amide bonds. The van der Waals surface area contributed by atoms with Crippen LogP contribution in [0.15, 0.2) is 17.5 Å². The van der Waals surface area contributed by atoms with Crippen LogP contribution in [0.1, 0.15) is 29.4 Å². The van der Waals surface area contributed by atoms with Crippen LogP contribution in [0.2, 0.25) is 0 Å². The van der Waals surface area contributed by atoms with Crippen molar-refractivity contribution in [3.8, 4) is 0 Å². The molecule has 0 spiro atoms. The van der Waals surface area contributed by atoms with E-state index in [0.29, 0.717) is 12.8 Å². The van der Waals surface area contributed by atoms with Crippen molar-refractivity contribution in [1.29, 1.82) is 0 Å². The lowest BCUT2D eigenvalue weighted by atomic mass is 10.0. The molecular weight excluding hydrogens is 212 g/mol. The fourth-order valence-electron chi connectivity index (χ4n) is 1.29. The Balaban J connectivity index is 2.42. The van der Waals surface area contributed by atoms with Gasteiger partial charge in [-0.15, -0.1) is 11.3 Å². The fraction of sp³-hybridized carbons (Fsp3) is 0.455. The zero-order chi connectivity index (χ0) is 11.3. The average molecular weight is 226 g/mol. The van der Waals surface area contributed by atoms with Crippen molar-refractivity contribution in [2.75, 3.05) is 7.11 Å². The van der Waals surface area contributed by atoms with Gasteiger partial charge in [0, 0.05) is 12.8 Å². The Morgan fingerprint density at radius 1 is 1.47 bits per heavy atom. The van der Waals surface area contributed by atoms with Gasteiger partial charge in [-0.2, -0.15) is 0 Å². The first-order valence-electron chi connectivity index (χ1n) is 4.77. The van der Waals surface area contributed by atoms with E-state index >= 15 is 0 Å². The Labute approximate surface area is 93.1 Å². The van der Waals surface area contributed by atoms with E-state index in [1.807, 2.05) is 18.4 Å². The van der Waals surface area contributed by atoms with Crippen LogP contribution in [0.4, 0.5) is 0 Å². The molecule has 0 aliphatic rings. The highest BCUT2D eigenvalue weighted by atomic mass is 32.1. The van der Waals surface area contributed by atoms with Crippen LogP contribution in [0.3, 0.4) is 0 Å². The minimum Gasteiger partial charge on any atom is -0.469 e. The van der Waals surface area contributed by atoms with Gasteiger partial charge in [-0.1, -0.05) is 13.0 Å². The van der Waals surface area contributed by atoms with Gasteiger partial charge in [0.25, 0.3) is 0 Å². The number of ether oxygens (including phenoxy) is 1. The molecule has 0 N–H and O–H groups in total. The molecule has 1 aromatic heterocycles. The lowest BCUT2D eigenvalue weighted by molar-refractivity contribution is -0.141. The second kappa shape index (κ2) is 5.66. The van der Waals surface area contributed by atoms with Crippen molar-refractivity contribution in [1.82, 2.24) is 0 Å². The largest absolute Gasteiger partial charge is 0.469 e. The lowest BCUT2D eigenvalue weighted by Gasteiger charge is -2.07.